The zero-order valence-corrected chi connectivity index (χ0v) is 16.6. The molecule has 2 fully saturated rings. The highest BCUT2D eigenvalue weighted by Crippen LogP contribution is 2.60. The first-order valence-electron chi connectivity index (χ1n) is 9.86. The van der Waals surface area contributed by atoms with Crippen LogP contribution in [-0.2, 0) is 11.3 Å². The molecule has 0 unspecified atom stereocenters. The van der Waals surface area contributed by atoms with E-state index in [2.05, 4.69) is 59.1 Å². The molecule has 1 N–H and O–H groups in total. The fourth-order valence-electron chi connectivity index (χ4n) is 5.76. The van der Waals surface area contributed by atoms with Crippen LogP contribution in [-0.4, -0.2) is 49.0 Å². The van der Waals surface area contributed by atoms with E-state index in [9.17, 15) is 5.11 Å². The Bertz CT molecular complexity index is 569. The average Bonchev–Trinajstić information content (AvgIpc) is 2.91. The monoisotopic (exact) mass is 346 g/mol. The lowest BCUT2D eigenvalue weighted by Gasteiger charge is -2.33. The first kappa shape index (κ1) is 18.9. The fraction of sp³-hybridized carbons (Fsp3) is 0.727. The van der Waals surface area contributed by atoms with Crippen molar-refractivity contribution in [1.82, 2.24) is 0 Å². The minimum atomic E-state index is -0.409. The number of likely N-dealkylation sites (N-methyl/N-ethyl adjacent to an activating group) is 1. The molecule has 2 saturated carbocycles. The van der Waals surface area contributed by atoms with Gasteiger partial charge in [-0.2, -0.15) is 0 Å². The van der Waals surface area contributed by atoms with Crippen molar-refractivity contribution in [3.8, 4) is 0 Å². The maximum absolute atomic E-state index is 10.6. The molecule has 140 valence electrons. The molecule has 3 nitrogen and oxygen atoms in total. The van der Waals surface area contributed by atoms with Gasteiger partial charge in [-0.15, -0.1) is 0 Å². The highest BCUT2D eigenvalue weighted by Gasteiger charge is 2.57. The van der Waals surface area contributed by atoms with Crippen molar-refractivity contribution in [2.75, 3.05) is 27.2 Å². The zero-order chi connectivity index (χ0) is 18.2. The second-order valence-electron chi connectivity index (χ2n) is 9.68. The van der Waals surface area contributed by atoms with Gasteiger partial charge >= 0.3 is 0 Å². The first-order valence-corrected chi connectivity index (χ1v) is 9.86. The Morgan fingerprint density at radius 2 is 1.80 bits per heavy atom. The third-order valence-electron chi connectivity index (χ3n) is 6.89. The van der Waals surface area contributed by atoms with Gasteiger partial charge in [-0.25, -0.2) is 0 Å². The fourth-order valence-corrected chi connectivity index (χ4v) is 5.76. The van der Waals surface area contributed by atoms with E-state index in [4.69, 9.17) is 4.74 Å². The predicted molar refractivity (Wildman–Crippen MR) is 102 cm³/mol. The van der Waals surface area contributed by atoms with Gasteiger partial charge in [0.05, 0.1) is 26.8 Å². The van der Waals surface area contributed by atoms with Crippen molar-refractivity contribution in [2.24, 2.45) is 23.2 Å². The van der Waals surface area contributed by atoms with Crippen LogP contribution in [0.1, 0.15) is 39.2 Å². The number of aliphatic hydroxyl groups excluding tert-OH is 1. The summed E-state index contributed by atoms with van der Waals surface area (Å²) in [5, 5.41) is 10.6. The molecule has 0 aromatic heterocycles. The molecule has 3 heteroatoms. The second-order valence-corrected chi connectivity index (χ2v) is 9.68. The van der Waals surface area contributed by atoms with Gasteiger partial charge in [-0.05, 0) is 36.0 Å². The normalized spacial score (nSPS) is 32.1. The maximum atomic E-state index is 10.6. The minimum Gasteiger partial charge on any atom is -0.385 e. The molecule has 5 atom stereocenters. The van der Waals surface area contributed by atoms with Crippen LogP contribution in [0.4, 0.5) is 0 Å². The van der Waals surface area contributed by atoms with Gasteiger partial charge in [0.15, 0.2) is 0 Å². The van der Waals surface area contributed by atoms with E-state index in [1.807, 2.05) is 6.07 Å². The quantitative estimate of drug-likeness (QED) is 0.763. The van der Waals surface area contributed by atoms with E-state index in [0.29, 0.717) is 36.5 Å². The molecule has 0 saturated heterocycles. The van der Waals surface area contributed by atoms with Gasteiger partial charge in [0.1, 0.15) is 19.2 Å². The molecular weight excluding hydrogens is 310 g/mol. The molecule has 3 rings (SSSR count). The molecule has 0 aliphatic heterocycles. The Kier molecular flexibility index (Phi) is 5.30. The van der Waals surface area contributed by atoms with Gasteiger partial charge in [0, 0.05) is 5.56 Å². The summed E-state index contributed by atoms with van der Waals surface area (Å²) < 4.78 is 7.05. The molecule has 0 heterocycles. The zero-order valence-electron chi connectivity index (χ0n) is 16.6. The summed E-state index contributed by atoms with van der Waals surface area (Å²) in [5.74, 6) is 2.06. The van der Waals surface area contributed by atoms with Gasteiger partial charge in [-0.3, -0.25) is 0 Å². The van der Waals surface area contributed by atoms with E-state index < -0.39 is 6.10 Å². The molecule has 25 heavy (non-hydrogen) atoms. The van der Waals surface area contributed by atoms with Gasteiger partial charge < -0.3 is 14.3 Å². The molecule has 0 spiro atoms. The number of aliphatic hydroxyl groups is 1. The smallest absolute Gasteiger partial charge is 0.126 e. The van der Waals surface area contributed by atoms with Crippen molar-refractivity contribution in [3.05, 3.63) is 35.9 Å². The van der Waals surface area contributed by atoms with E-state index in [1.165, 1.54) is 18.4 Å². The molecule has 0 amide bonds. The van der Waals surface area contributed by atoms with Gasteiger partial charge in [0.25, 0.3) is 0 Å². The van der Waals surface area contributed by atoms with Gasteiger partial charge in [0.2, 0.25) is 0 Å². The van der Waals surface area contributed by atoms with Crippen molar-refractivity contribution >= 4 is 0 Å². The standard InChI is InChI=1S/C22H36NO2/c1-16-19-11-12-20(22(19,2)3)21(16)25-15-18(24)14-23(4,5)13-17-9-7-6-8-10-17/h6-10,16,18-21,24H,11-15H2,1-5H3/q+1/t16-,18+,19+,20+,21+/m0/s1. The van der Waals surface area contributed by atoms with Crippen molar-refractivity contribution in [3.63, 3.8) is 0 Å². The number of hydrogen-bond acceptors (Lipinski definition) is 2. The summed E-state index contributed by atoms with van der Waals surface area (Å²) >= 11 is 0. The largest absolute Gasteiger partial charge is 0.385 e. The first-order chi connectivity index (χ1) is 11.7. The second kappa shape index (κ2) is 7.02. The lowest BCUT2D eigenvalue weighted by atomic mass is 9.80. The van der Waals surface area contributed by atoms with E-state index in [-0.39, 0.29) is 0 Å². The molecule has 2 aliphatic rings. The van der Waals surface area contributed by atoms with Crippen molar-refractivity contribution in [1.29, 1.82) is 0 Å². The van der Waals surface area contributed by atoms with E-state index >= 15 is 0 Å². The van der Waals surface area contributed by atoms with Gasteiger partial charge in [-0.1, -0.05) is 51.1 Å². The lowest BCUT2D eigenvalue weighted by Crippen LogP contribution is -2.46. The van der Waals surface area contributed by atoms with Crippen LogP contribution in [0.3, 0.4) is 0 Å². The Labute approximate surface area is 153 Å². The Morgan fingerprint density at radius 3 is 2.40 bits per heavy atom. The number of nitrogens with zero attached hydrogens (tertiary/aromatic N) is 1. The SMILES string of the molecule is C[C@@H]1[C@@H](OC[C@H](O)C[N+](C)(C)Cc2ccccc2)[C@H]2CC[C@H]1C2(C)C. The van der Waals surface area contributed by atoms with Crippen LogP contribution < -0.4 is 0 Å². The Balaban J connectivity index is 1.50. The summed E-state index contributed by atoms with van der Waals surface area (Å²) in [6.45, 7) is 9.27. The lowest BCUT2D eigenvalue weighted by molar-refractivity contribution is -0.906. The Hall–Kier alpha value is -0.900. The summed E-state index contributed by atoms with van der Waals surface area (Å²) in [7, 11) is 4.36. The van der Waals surface area contributed by atoms with Crippen LogP contribution in [0.5, 0.6) is 0 Å². The third-order valence-corrected chi connectivity index (χ3v) is 6.89. The summed E-state index contributed by atoms with van der Waals surface area (Å²) in [6.07, 6.45) is 2.56. The topological polar surface area (TPSA) is 29.5 Å². The molecule has 1 aromatic rings. The number of quaternary nitrogens is 1. The maximum Gasteiger partial charge on any atom is 0.126 e. The highest BCUT2D eigenvalue weighted by atomic mass is 16.5. The van der Waals surface area contributed by atoms with Crippen LogP contribution in [0.25, 0.3) is 0 Å². The molecular formula is C22H36NO2+. The molecule has 2 aliphatic carbocycles. The van der Waals surface area contributed by atoms with Crippen LogP contribution >= 0.6 is 0 Å². The van der Waals surface area contributed by atoms with E-state index in [1.54, 1.807) is 0 Å². The number of hydrogen-bond donors (Lipinski definition) is 1. The number of rotatable bonds is 7. The highest BCUT2D eigenvalue weighted by molar-refractivity contribution is 5.13. The molecule has 0 radical (unpaired) electrons. The number of benzene rings is 1. The van der Waals surface area contributed by atoms with E-state index in [0.717, 1.165) is 16.9 Å². The van der Waals surface area contributed by atoms with Crippen LogP contribution in [0.15, 0.2) is 30.3 Å². The molecule has 1 aromatic carbocycles. The third kappa shape index (κ3) is 3.94. The average molecular weight is 347 g/mol. The predicted octanol–water partition coefficient (Wildman–Crippen LogP) is 3.71. The van der Waals surface area contributed by atoms with Crippen molar-refractivity contribution in [2.45, 2.75) is 52.4 Å². The van der Waals surface area contributed by atoms with Crippen LogP contribution in [0, 0.1) is 23.2 Å². The number of ether oxygens (including phenoxy) is 1. The summed E-state index contributed by atoms with van der Waals surface area (Å²) in [5.41, 5.74) is 1.71. The van der Waals surface area contributed by atoms with Crippen molar-refractivity contribution < 1.29 is 14.3 Å². The Morgan fingerprint density at radius 1 is 1.16 bits per heavy atom. The van der Waals surface area contributed by atoms with Crippen LogP contribution in [0.2, 0.25) is 0 Å². The molecule has 2 bridgehead atoms. The number of fused-ring (bicyclic) bond motifs is 2. The summed E-state index contributed by atoms with van der Waals surface area (Å²) in [6, 6.07) is 10.5. The minimum absolute atomic E-state index is 0.327. The summed E-state index contributed by atoms with van der Waals surface area (Å²) in [4.78, 5) is 0.